The Balaban J connectivity index is 1.78. The number of nitrogens with zero attached hydrogens (tertiary/aromatic N) is 2. The Bertz CT molecular complexity index is 923. The molecule has 0 saturated heterocycles. The average molecular weight is 350 g/mol. The van der Waals surface area contributed by atoms with Crippen LogP contribution in [-0.4, -0.2) is 23.2 Å². The number of methoxy groups -OCH3 is 1. The van der Waals surface area contributed by atoms with Crippen molar-refractivity contribution in [3.05, 3.63) is 60.3 Å². The second-order valence-electron chi connectivity index (χ2n) is 5.55. The van der Waals surface area contributed by atoms with Crippen molar-refractivity contribution in [2.75, 3.05) is 12.9 Å². The maximum atomic E-state index is 12.7. The zero-order valence-corrected chi connectivity index (χ0v) is 14.8. The molecular weight excluding hydrogens is 332 g/mol. The van der Waals surface area contributed by atoms with Crippen molar-refractivity contribution in [1.82, 2.24) is 4.57 Å². The van der Waals surface area contributed by atoms with Gasteiger partial charge in [0, 0.05) is 34.1 Å². The van der Waals surface area contributed by atoms with Gasteiger partial charge in [0.2, 0.25) is 0 Å². The van der Waals surface area contributed by atoms with Crippen LogP contribution in [0.1, 0.15) is 16.8 Å². The van der Waals surface area contributed by atoms with Crippen LogP contribution in [-0.2, 0) is 6.54 Å². The fourth-order valence-corrected chi connectivity index (χ4v) is 3.50. The number of carbonyl (C=O) groups is 1. The molecule has 0 aliphatic heterocycles. The number of para-hydroxylation sites is 1. The van der Waals surface area contributed by atoms with Crippen LogP contribution >= 0.6 is 11.8 Å². The maximum Gasteiger partial charge on any atom is 0.175 e. The molecule has 0 radical (unpaired) electrons. The van der Waals surface area contributed by atoms with Crippen molar-refractivity contribution in [1.29, 1.82) is 5.26 Å². The number of Topliss-reactive ketones (excluding diaryl/α,β-unsaturated/α-hetero) is 1. The number of carbonyl (C=O) groups excluding carboxylic acids is 1. The molecule has 25 heavy (non-hydrogen) atoms. The summed E-state index contributed by atoms with van der Waals surface area (Å²) in [5.41, 5.74) is 1.71. The predicted molar refractivity (Wildman–Crippen MR) is 100 cm³/mol. The molecule has 5 heteroatoms. The number of ether oxygens (including phenoxy) is 1. The zero-order chi connectivity index (χ0) is 17.6. The number of nitriles is 1. The van der Waals surface area contributed by atoms with E-state index in [1.54, 1.807) is 7.11 Å². The molecule has 0 fully saturated rings. The number of benzene rings is 2. The molecule has 0 amide bonds. The molecule has 0 aliphatic rings. The Kier molecular flexibility index (Phi) is 5.42. The Labute approximate surface area is 151 Å². The lowest BCUT2D eigenvalue weighted by atomic mass is 10.1. The smallest absolute Gasteiger partial charge is 0.175 e. The highest BCUT2D eigenvalue weighted by atomic mass is 32.2. The van der Waals surface area contributed by atoms with Gasteiger partial charge in [0.05, 0.1) is 25.4 Å². The largest absolute Gasteiger partial charge is 0.497 e. The molecule has 0 unspecified atom stereocenters. The fraction of sp³-hybridized carbons (Fsp3) is 0.200. The van der Waals surface area contributed by atoms with E-state index in [2.05, 4.69) is 6.07 Å². The highest BCUT2D eigenvalue weighted by Gasteiger charge is 2.15. The first kappa shape index (κ1) is 17.1. The molecule has 0 aliphatic carbocycles. The number of hydrogen-bond donors (Lipinski definition) is 0. The SMILES string of the molecule is COc1ccc(SCC(=O)c2cn(CCC#N)c3ccccc23)cc1. The summed E-state index contributed by atoms with van der Waals surface area (Å²) >= 11 is 1.51. The predicted octanol–water partition coefficient (Wildman–Crippen LogP) is 4.54. The minimum atomic E-state index is 0.0905. The summed E-state index contributed by atoms with van der Waals surface area (Å²) in [6.45, 7) is 0.593. The fourth-order valence-electron chi connectivity index (χ4n) is 2.72. The van der Waals surface area contributed by atoms with Gasteiger partial charge < -0.3 is 9.30 Å². The van der Waals surface area contributed by atoms with Crippen LogP contribution in [0.5, 0.6) is 5.75 Å². The van der Waals surface area contributed by atoms with Crippen LogP contribution < -0.4 is 4.74 Å². The van der Waals surface area contributed by atoms with E-state index in [0.29, 0.717) is 18.7 Å². The summed E-state index contributed by atoms with van der Waals surface area (Å²) < 4.78 is 7.14. The van der Waals surface area contributed by atoms with Gasteiger partial charge in [0.25, 0.3) is 0 Å². The van der Waals surface area contributed by atoms with E-state index in [1.807, 2.05) is 59.3 Å². The van der Waals surface area contributed by atoms with E-state index < -0.39 is 0 Å². The maximum absolute atomic E-state index is 12.7. The minimum Gasteiger partial charge on any atom is -0.497 e. The molecule has 2 aromatic carbocycles. The van der Waals surface area contributed by atoms with Crippen molar-refractivity contribution in [3.8, 4) is 11.8 Å². The van der Waals surface area contributed by atoms with Gasteiger partial charge in [-0.05, 0) is 30.3 Å². The summed E-state index contributed by atoms with van der Waals surface area (Å²) in [5.74, 6) is 1.27. The second kappa shape index (κ2) is 7.91. The Hall–Kier alpha value is -2.71. The number of rotatable bonds is 7. The van der Waals surface area contributed by atoms with Crippen LogP contribution in [0.4, 0.5) is 0 Å². The Morgan fingerprint density at radius 1 is 1.20 bits per heavy atom. The lowest BCUT2D eigenvalue weighted by Crippen LogP contribution is -2.02. The molecule has 4 nitrogen and oxygen atoms in total. The summed E-state index contributed by atoms with van der Waals surface area (Å²) in [6.07, 6.45) is 2.30. The summed E-state index contributed by atoms with van der Waals surface area (Å²) in [6, 6.07) is 17.7. The van der Waals surface area contributed by atoms with Gasteiger partial charge in [-0.25, -0.2) is 0 Å². The third-order valence-electron chi connectivity index (χ3n) is 3.98. The minimum absolute atomic E-state index is 0.0905. The molecule has 0 saturated carbocycles. The van der Waals surface area contributed by atoms with Crippen molar-refractivity contribution in [2.45, 2.75) is 17.9 Å². The van der Waals surface area contributed by atoms with Gasteiger partial charge in [0.1, 0.15) is 5.75 Å². The lowest BCUT2D eigenvalue weighted by Gasteiger charge is -2.03. The number of thioether (sulfide) groups is 1. The van der Waals surface area contributed by atoms with E-state index >= 15 is 0 Å². The molecule has 0 N–H and O–H groups in total. The van der Waals surface area contributed by atoms with Crippen LogP contribution in [0, 0.1) is 11.3 Å². The molecule has 1 aromatic heterocycles. The molecule has 0 spiro atoms. The van der Waals surface area contributed by atoms with Gasteiger partial charge in [-0.15, -0.1) is 11.8 Å². The quantitative estimate of drug-likeness (QED) is 0.464. The van der Waals surface area contributed by atoms with Gasteiger partial charge in [-0.3, -0.25) is 4.79 Å². The summed E-state index contributed by atoms with van der Waals surface area (Å²) in [4.78, 5) is 13.7. The van der Waals surface area contributed by atoms with E-state index in [-0.39, 0.29) is 5.78 Å². The van der Waals surface area contributed by atoms with E-state index in [0.717, 1.165) is 27.1 Å². The Morgan fingerprint density at radius 2 is 1.96 bits per heavy atom. The van der Waals surface area contributed by atoms with Crippen LogP contribution in [0.3, 0.4) is 0 Å². The van der Waals surface area contributed by atoms with Gasteiger partial charge >= 0.3 is 0 Å². The molecule has 3 aromatic rings. The third kappa shape index (κ3) is 3.86. The molecule has 1 heterocycles. The molecule has 126 valence electrons. The number of fused-ring (bicyclic) bond motifs is 1. The van der Waals surface area contributed by atoms with Gasteiger partial charge in [-0.1, -0.05) is 18.2 Å². The monoisotopic (exact) mass is 350 g/mol. The highest BCUT2D eigenvalue weighted by Crippen LogP contribution is 2.26. The molecule has 0 atom stereocenters. The molecule has 3 rings (SSSR count). The van der Waals surface area contributed by atoms with E-state index in [4.69, 9.17) is 10.00 Å². The standard InChI is InChI=1S/C20H18N2O2S/c1-24-15-7-9-16(10-8-15)25-14-20(23)18-13-22(12-4-11-21)19-6-3-2-5-17(18)19/h2-3,5-10,13H,4,12,14H2,1H3. The number of ketones is 1. The van der Waals surface area contributed by atoms with Crippen molar-refractivity contribution in [3.63, 3.8) is 0 Å². The van der Waals surface area contributed by atoms with Crippen LogP contribution in [0.2, 0.25) is 0 Å². The Morgan fingerprint density at radius 3 is 2.68 bits per heavy atom. The summed E-state index contributed by atoms with van der Waals surface area (Å²) in [5, 5.41) is 9.77. The highest BCUT2D eigenvalue weighted by molar-refractivity contribution is 8.00. The van der Waals surface area contributed by atoms with Crippen molar-refractivity contribution in [2.24, 2.45) is 0 Å². The number of hydrogen-bond acceptors (Lipinski definition) is 4. The van der Waals surface area contributed by atoms with Gasteiger partial charge in [0.15, 0.2) is 5.78 Å². The first-order valence-corrected chi connectivity index (χ1v) is 8.96. The van der Waals surface area contributed by atoms with Crippen LogP contribution in [0.15, 0.2) is 59.6 Å². The van der Waals surface area contributed by atoms with E-state index in [9.17, 15) is 4.79 Å². The first-order chi connectivity index (χ1) is 12.2. The van der Waals surface area contributed by atoms with Gasteiger partial charge in [-0.2, -0.15) is 5.26 Å². The second-order valence-corrected chi connectivity index (χ2v) is 6.60. The zero-order valence-electron chi connectivity index (χ0n) is 13.9. The average Bonchev–Trinajstić information content (AvgIpc) is 3.04. The first-order valence-electron chi connectivity index (χ1n) is 7.98. The molecule has 0 bridgehead atoms. The van der Waals surface area contributed by atoms with Crippen molar-refractivity contribution < 1.29 is 9.53 Å². The third-order valence-corrected chi connectivity index (χ3v) is 4.99. The lowest BCUT2D eigenvalue weighted by molar-refractivity contribution is 0.102. The summed E-state index contributed by atoms with van der Waals surface area (Å²) in [7, 11) is 1.63. The number of aromatic nitrogens is 1. The normalized spacial score (nSPS) is 10.6. The topological polar surface area (TPSA) is 55.0 Å². The number of aryl methyl sites for hydroxylation is 1. The van der Waals surface area contributed by atoms with Crippen molar-refractivity contribution >= 4 is 28.4 Å². The van der Waals surface area contributed by atoms with Crippen LogP contribution in [0.25, 0.3) is 10.9 Å². The van der Waals surface area contributed by atoms with E-state index in [1.165, 1.54) is 11.8 Å². The molecular formula is C20H18N2O2S.